The summed E-state index contributed by atoms with van der Waals surface area (Å²) in [5.41, 5.74) is 9.38. The summed E-state index contributed by atoms with van der Waals surface area (Å²) >= 11 is 6.02. The number of rotatable bonds is 1. The number of nitrogens with one attached hydrogen (secondary N) is 3. The van der Waals surface area contributed by atoms with Gasteiger partial charge in [-0.15, -0.1) is 0 Å². The molecule has 0 amide bonds. The highest BCUT2D eigenvalue weighted by Gasteiger charge is 2.28. The normalized spacial score (nSPS) is 26.0. The molecule has 1 saturated heterocycles. The van der Waals surface area contributed by atoms with E-state index in [0.717, 1.165) is 5.56 Å². The van der Waals surface area contributed by atoms with Gasteiger partial charge in [0.2, 0.25) is 0 Å². The second-order valence-electron chi connectivity index (χ2n) is 3.02. The van der Waals surface area contributed by atoms with Crippen molar-refractivity contribution in [2.75, 3.05) is 0 Å². The average Bonchev–Trinajstić information content (AvgIpc) is 2.66. The Balaban J connectivity index is 2.31. The van der Waals surface area contributed by atoms with Gasteiger partial charge in [-0.1, -0.05) is 29.8 Å². The summed E-state index contributed by atoms with van der Waals surface area (Å²) in [5.74, 6) is 0. The van der Waals surface area contributed by atoms with E-state index in [4.69, 9.17) is 16.9 Å². The van der Waals surface area contributed by atoms with E-state index < -0.39 is 0 Å². The lowest BCUT2D eigenvalue weighted by Crippen LogP contribution is -2.32. The lowest BCUT2D eigenvalue weighted by Gasteiger charge is -2.13. The number of hydrazine groups is 2. The average molecular weight is 209 g/mol. The molecule has 0 radical (unpaired) electrons. The molecule has 0 aliphatic carbocycles. The molecule has 0 spiro atoms. The Morgan fingerprint density at radius 2 is 2.07 bits per heavy atom. The number of benzene rings is 1. The Morgan fingerprint density at radius 1 is 1.29 bits per heavy atom. The van der Waals surface area contributed by atoms with Crippen molar-refractivity contribution in [3.63, 3.8) is 0 Å². The van der Waals surface area contributed by atoms with Gasteiger partial charge in [-0.05, 0) is 11.6 Å². The van der Waals surface area contributed by atoms with Crippen LogP contribution in [0.25, 0.3) is 0 Å². The maximum Gasteiger partial charge on any atom is 0.130 e. The molecular formula is C9H9ClN4. The molecule has 14 heavy (non-hydrogen) atoms. The van der Waals surface area contributed by atoms with Gasteiger partial charge in [-0.25, -0.2) is 10.9 Å². The van der Waals surface area contributed by atoms with Crippen molar-refractivity contribution in [1.82, 2.24) is 16.4 Å². The zero-order valence-electron chi connectivity index (χ0n) is 7.29. The maximum atomic E-state index is 8.85. The van der Waals surface area contributed by atoms with Gasteiger partial charge in [0.25, 0.3) is 0 Å². The molecule has 4 nitrogen and oxygen atoms in total. The zero-order chi connectivity index (χ0) is 9.97. The molecule has 1 aromatic rings. The third-order valence-corrected chi connectivity index (χ3v) is 2.51. The SMILES string of the molecule is N#CC1NNNC1c1ccccc1Cl. The summed E-state index contributed by atoms with van der Waals surface area (Å²) < 4.78 is 0. The zero-order valence-corrected chi connectivity index (χ0v) is 8.05. The van der Waals surface area contributed by atoms with Gasteiger partial charge in [0.15, 0.2) is 0 Å². The number of nitriles is 1. The van der Waals surface area contributed by atoms with Crippen LogP contribution in [0.3, 0.4) is 0 Å². The highest BCUT2D eigenvalue weighted by atomic mass is 35.5. The van der Waals surface area contributed by atoms with Crippen molar-refractivity contribution in [2.45, 2.75) is 12.1 Å². The second kappa shape index (κ2) is 3.95. The summed E-state index contributed by atoms with van der Waals surface area (Å²) in [5, 5.41) is 9.52. The van der Waals surface area contributed by atoms with E-state index in [0.29, 0.717) is 5.02 Å². The Bertz CT molecular complexity index is 373. The van der Waals surface area contributed by atoms with E-state index in [-0.39, 0.29) is 12.1 Å². The van der Waals surface area contributed by atoms with E-state index in [2.05, 4.69) is 22.5 Å². The first kappa shape index (κ1) is 9.44. The van der Waals surface area contributed by atoms with E-state index in [9.17, 15) is 0 Å². The van der Waals surface area contributed by atoms with Crippen LogP contribution in [-0.4, -0.2) is 6.04 Å². The number of hydrogen-bond donors (Lipinski definition) is 3. The van der Waals surface area contributed by atoms with Crippen molar-refractivity contribution < 1.29 is 0 Å². The van der Waals surface area contributed by atoms with Crippen LogP contribution >= 0.6 is 11.6 Å². The van der Waals surface area contributed by atoms with Crippen LogP contribution in [0.15, 0.2) is 24.3 Å². The first-order valence-electron chi connectivity index (χ1n) is 4.23. The van der Waals surface area contributed by atoms with Crippen molar-refractivity contribution >= 4 is 11.6 Å². The predicted molar refractivity (Wildman–Crippen MR) is 53.0 cm³/mol. The summed E-state index contributed by atoms with van der Waals surface area (Å²) in [6.45, 7) is 0. The molecule has 0 aromatic heterocycles. The van der Waals surface area contributed by atoms with Crippen LogP contribution in [0.2, 0.25) is 5.02 Å². The molecule has 2 unspecified atom stereocenters. The first-order valence-corrected chi connectivity index (χ1v) is 4.61. The van der Waals surface area contributed by atoms with E-state index in [1.807, 2.05) is 24.3 Å². The van der Waals surface area contributed by atoms with Crippen LogP contribution in [0.1, 0.15) is 11.6 Å². The molecular weight excluding hydrogens is 200 g/mol. The van der Waals surface area contributed by atoms with E-state index in [1.54, 1.807) is 0 Å². The number of nitrogens with zero attached hydrogens (tertiary/aromatic N) is 1. The van der Waals surface area contributed by atoms with Crippen LogP contribution in [0.5, 0.6) is 0 Å². The van der Waals surface area contributed by atoms with Gasteiger partial charge in [-0.3, -0.25) is 0 Å². The molecule has 3 N–H and O–H groups in total. The summed E-state index contributed by atoms with van der Waals surface area (Å²) in [6, 6.07) is 9.19. The quantitative estimate of drug-likeness (QED) is 0.642. The van der Waals surface area contributed by atoms with Crippen LogP contribution in [-0.2, 0) is 0 Å². The van der Waals surface area contributed by atoms with Gasteiger partial charge in [0.1, 0.15) is 6.04 Å². The largest absolute Gasteiger partial charge is 0.234 e. The van der Waals surface area contributed by atoms with Crippen LogP contribution in [0.4, 0.5) is 0 Å². The summed E-state index contributed by atoms with van der Waals surface area (Å²) in [4.78, 5) is 0. The minimum absolute atomic E-state index is 0.117. The van der Waals surface area contributed by atoms with Gasteiger partial charge in [0.05, 0.1) is 12.1 Å². The maximum absolute atomic E-state index is 8.85. The van der Waals surface area contributed by atoms with Crippen molar-refractivity contribution in [2.24, 2.45) is 0 Å². The van der Waals surface area contributed by atoms with E-state index >= 15 is 0 Å². The number of halogens is 1. The molecule has 72 valence electrons. The monoisotopic (exact) mass is 208 g/mol. The summed E-state index contributed by atoms with van der Waals surface area (Å²) in [6.07, 6.45) is 0. The molecule has 1 aliphatic heterocycles. The fraction of sp³-hybridized carbons (Fsp3) is 0.222. The van der Waals surface area contributed by atoms with Gasteiger partial charge in [-0.2, -0.15) is 10.8 Å². The molecule has 1 aromatic carbocycles. The lowest BCUT2D eigenvalue weighted by molar-refractivity contribution is 0.555. The fourth-order valence-electron chi connectivity index (χ4n) is 1.46. The minimum atomic E-state index is -0.310. The minimum Gasteiger partial charge on any atom is -0.234 e. The Kier molecular flexibility index (Phi) is 2.66. The highest BCUT2D eigenvalue weighted by molar-refractivity contribution is 6.31. The third kappa shape index (κ3) is 1.59. The van der Waals surface area contributed by atoms with Crippen molar-refractivity contribution in [1.29, 1.82) is 5.26 Å². The molecule has 0 saturated carbocycles. The third-order valence-electron chi connectivity index (χ3n) is 2.17. The topological polar surface area (TPSA) is 59.9 Å². The molecule has 2 rings (SSSR count). The smallest absolute Gasteiger partial charge is 0.130 e. The predicted octanol–water partition coefficient (Wildman–Crippen LogP) is 0.886. The number of hydrogen-bond acceptors (Lipinski definition) is 4. The highest BCUT2D eigenvalue weighted by Crippen LogP contribution is 2.25. The Hall–Kier alpha value is -1.12. The standard InChI is InChI=1S/C9H9ClN4/c10-7-4-2-1-3-6(7)9-8(5-11)12-14-13-9/h1-4,8-9,12-14H. The fourth-order valence-corrected chi connectivity index (χ4v) is 1.71. The van der Waals surface area contributed by atoms with Crippen molar-refractivity contribution in [3.8, 4) is 6.07 Å². The Labute approximate surface area is 86.8 Å². The van der Waals surface area contributed by atoms with Gasteiger partial charge in [0, 0.05) is 5.02 Å². The van der Waals surface area contributed by atoms with Crippen LogP contribution < -0.4 is 16.4 Å². The summed E-state index contributed by atoms with van der Waals surface area (Å²) in [7, 11) is 0. The Morgan fingerprint density at radius 3 is 2.79 bits per heavy atom. The van der Waals surface area contributed by atoms with Gasteiger partial charge >= 0.3 is 0 Å². The van der Waals surface area contributed by atoms with Gasteiger partial charge < -0.3 is 0 Å². The molecule has 1 fully saturated rings. The molecule has 2 atom stereocenters. The van der Waals surface area contributed by atoms with E-state index in [1.165, 1.54) is 0 Å². The molecule has 1 heterocycles. The lowest BCUT2D eigenvalue weighted by atomic mass is 10.0. The molecule has 0 bridgehead atoms. The first-order chi connectivity index (χ1) is 6.83. The molecule has 1 aliphatic rings. The van der Waals surface area contributed by atoms with Crippen molar-refractivity contribution in [3.05, 3.63) is 34.9 Å². The second-order valence-corrected chi connectivity index (χ2v) is 3.43. The molecule has 5 heteroatoms. The van der Waals surface area contributed by atoms with Crippen LogP contribution in [0, 0.1) is 11.3 Å².